The van der Waals surface area contributed by atoms with Gasteiger partial charge in [-0.2, -0.15) is 0 Å². The van der Waals surface area contributed by atoms with Crippen molar-refractivity contribution in [3.8, 4) is 11.3 Å². The van der Waals surface area contributed by atoms with Gasteiger partial charge in [0.1, 0.15) is 18.0 Å². The smallest absolute Gasteiger partial charge is 0.338 e. The molecule has 36 heavy (non-hydrogen) atoms. The second-order valence-electron chi connectivity index (χ2n) is 9.31. The number of halogens is 1. The molecule has 0 bridgehead atoms. The SMILES string of the molecule is CCN(CC)CCOC(=O)[C@@]1(c2cccc(Cl)c2-c2noc(C)c2NC=O)N2C(=O)C[C@H]2SC1(C)C. The number of amides is 2. The number of anilines is 1. The molecule has 2 fully saturated rings. The minimum atomic E-state index is -1.47. The van der Waals surface area contributed by atoms with Crippen LogP contribution in [0.1, 0.15) is 45.4 Å². The second kappa shape index (κ2) is 10.1. The van der Waals surface area contributed by atoms with Gasteiger partial charge in [0.15, 0.2) is 11.3 Å². The molecule has 0 spiro atoms. The molecular formula is C25H31ClN4O5S. The number of hydrogen-bond donors (Lipinski definition) is 1. The van der Waals surface area contributed by atoms with Crippen LogP contribution in [0.25, 0.3) is 11.3 Å². The number of benzene rings is 1. The van der Waals surface area contributed by atoms with E-state index >= 15 is 0 Å². The van der Waals surface area contributed by atoms with Gasteiger partial charge in [-0.15, -0.1) is 11.8 Å². The molecule has 3 heterocycles. The Morgan fingerprint density at radius 3 is 2.75 bits per heavy atom. The third-order valence-corrected chi connectivity index (χ3v) is 8.96. The van der Waals surface area contributed by atoms with Crippen molar-refractivity contribution in [3.63, 3.8) is 0 Å². The van der Waals surface area contributed by atoms with Gasteiger partial charge in [0.25, 0.3) is 0 Å². The predicted octanol–water partition coefficient (Wildman–Crippen LogP) is 4.04. The number of ether oxygens (including phenoxy) is 1. The highest BCUT2D eigenvalue weighted by Gasteiger charge is 2.71. The predicted molar refractivity (Wildman–Crippen MR) is 139 cm³/mol. The molecule has 2 amide bonds. The molecule has 9 nitrogen and oxygen atoms in total. The zero-order valence-corrected chi connectivity index (χ0v) is 22.7. The molecule has 2 aliphatic rings. The van der Waals surface area contributed by atoms with Crippen molar-refractivity contribution in [2.24, 2.45) is 0 Å². The molecule has 0 saturated carbocycles. The first-order chi connectivity index (χ1) is 17.1. The van der Waals surface area contributed by atoms with Crippen molar-refractivity contribution in [1.82, 2.24) is 15.0 Å². The van der Waals surface area contributed by atoms with Gasteiger partial charge in [0, 0.05) is 17.7 Å². The van der Waals surface area contributed by atoms with Crippen molar-refractivity contribution in [3.05, 3.63) is 34.5 Å². The Morgan fingerprint density at radius 2 is 2.11 bits per heavy atom. The number of esters is 1. The number of thioether (sulfide) groups is 1. The van der Waals surface area contributed by atoms with E-state index in [9.17, 15) is 14.4 Å². The molecule has 0 aliphatic carbocycles. The molecule has 4 rings (SSSR count). The first-order valence-electron chi connectivity index (χ1n) is 12.0. The molecule has 1 aromatic carbocycles. The summed E-state index contributed by atoms with van der Waals surface area (Å²) in [6.45, 7) is 12.1. The molecule has 194 valence electrons. The molecule has 2 atom stereocenters. The third kappa shape index (κ3) is 3.99. The Hall–Kier alpha value is -2.56. The van der Waals surface area contributed by atoms with E-state index in [0.717, 1.165) is 13.1 Å². The number of carbonyl (C=O) groups is 3. The molecule has 2 aromatic rings. The summed E-state index contributed by atoms with van der Waals surface area (Å²) in [6, 6.07) is 5.20. The van der Waals surface area contributed by atoms with Crippen LogP contribution in [-0.4, -0.2) is 69.6 Å². The molecule has 0 unspecified atom stereocenters. The largest absolute Gasteiger partial charge is 0.462 e. The van der Waals surface area contributed by atoms with Crippen molar-refractivity contribution in [2.75, 3.05) is 31.6 Å². The summed E-state index contributed by atoms with van der Waals surface area (Å²) < 4.78 is 10.5. The van der Waals surface area contributed by atoms with Crippen molar-refractivity contribution >= 4 is 47.3 Å². The lowest BCUT2D eigenvalue weighted by atomic mass is 9.73. The molecule has 2 aliphatic heterocycles. The fourth-order valence-corrected chi connectivity index (χ4v) is 7.27. The topological polar surface area (TPSA) is 105 Å². The maximum absolute atomic E-state index is 14.2. The van der Waals surface area contributed by atoms with Crippen LogP contribution in [0.4, 0.5) is 5.69 Å². The quantitative estimate of drug-likeness (QED) is 0.277. The molecule has 1 N–H and O–H groups in total. The second-order valence-corrected chi connectivity index (χ2v) is 11.5. The lowest BCUT2D eigenvalue weighted by Crippen LogP contribution is -2.65. The zero-order chi connectivity index (χ0) is 26.3. The van der Waals surface area contributed by atoms with Gasteiger partial charge < -0.3 is 24.4 Å². The molecule has 1 aromatic heterocycles. The Morgan fingerprint density at radius 1 is 1.39 bits per heavy atom. The summed E-state index contributed by atoms with van der Waals surface area (Å²) in [6.07, 6.45) is 0.876. The summed E-state index contributed by atoms with van der Waals surface area (Å²) in [5.74, 6) is -0.264. The van der Waals surface area contributed by atoms with E-state index in [1.165, 1.54) is 0 Å². The van der Waals surface area contributed by atoms with Gasteiger partial charge in [-0.3, -0.25) is 9.59 Å². The molecule has 2 saturated heterocycles. The minimum Gasteiger partial charge on any atom is -0.462 e. The summed E-state index contributed by atoms with van der Waals surface area (Å²) in [4.78, 5) is 42.3. The van der Waals surface area contributed by atoms with Gasteiger partial charge in [0.05, 0.1) is 21.6 Å². The number of aromatic nitrogens is 1. The van der Waals surface area contributed by atoms with E-state index in [4.69, 9.17) is 20.9 Å². The van der Waals surface area contributed by atoms with Crippen LogP contribution in [0, 0.1) is 6.92 Å². The van der Waals surface area contributed by atoms with E-state index in [0.29, 0.717) is 47.0 Å². The summed E-state index contributed by atoms with van der Waals surface area (Å²) in [7, 11) is 0. The molecular weight excluding hydrogens is 504 g/mol. The highest BCUT2D eigenvalue weighted by Crippen LogP contribution is 2.63. The van der Waals surface area contributed by atoms with Gasteiger partial charge >= 0.3 is 5.97 Å². The lowest BCUT2D eigenvalue weighted by molar-refractivity contribution is -0.174. The van der Waals surface area contributed by atoms with Gasteiger partial charge in [-0.25, -0.2) is 4.79 Å². The number of β-lactam (4-membered cyclic amide) rings is 1. The highest BCUT2D eigenvalue weighted by atomic mass is 35.5. The summed E-state index contributed by atoms with van der Waals surface area (Å²) >= 11 is 8.30. The van der Waals surface area contributed by atoms with Crippen LogP contribution >= 0.6 is 23.4 Å². The van der Waals surface area contributed by atoms with Crippen LogP contribution in [0.3, 0.4) is 0 Å². The van der Waals surface area contributed by atoms with Crippen molar-refractivity contribution < 1.29 is 23.6 Å². The third-order valence-electron chi connectivity index (χ3n) is 7.11. The van der Waals surface area contributed by atoms with Gasteiger partial charge in [-0.05, 0) is 39.9 Å². The minimum absolute atomic E-state index is 0.132. The first-order valence-corrected chi connectivity index (χ1v) is 13.2. The van der Waals surface area contributed by atoms with Crippen molar-refractivity contribution in [2.45, 2.75) is 56.7 Å². The van der Waals surface area contributed by atoms with Crippen LogP contribution < -0.4 is 5.32 Å². The molecule has 11 heteroatoms. The van der Waals surface area contributed by atoms with Gasteiger partial charge in [-0.1, -0.05) is 42.7 Å². The Labute approximate surface area is 219 Å². The van der Waals surface area contributed by atoms with Crippen LogP contribution in [0.2, 0.25) is 5.02 Å². The van der Waals surface area contributed by atoms with Crippen molar-refractivity contribution in [1.29, 1.82) is 0 Å². The molecule has 0 radical (unpaired) electrons. The number of fused-ring (bicyclic) bond motifs is 1. The van der Waals surface area contributed by atoms with E-state index in [1.807, 2.05) is 13.8 Å². The average molecular weight is 535 g/mol. The standard InChI is InChI=1S/C25H31ClN4O5S/c1-6-29(7-2)11-12-34-23(33)25(24(4,5)36-19-13-18(32)30(19)25)16-9-8-10-17(26)20(16)22-21(27-14-31)15(3)35-28-22/h8-10,14,19H,6-7,11-13H2,1-5H3,(H,27,31)/t19-,25-/m1/s1. The number of nitrogens with one attached hydrogen (secondary N) is 1. The van der Waals surface area contributed by atoms with Crippen LogP contribution in [0.15, 0.2) is 22.7 Å². The Kier molecular flexibility index (Phi) is 7.41. The monoisotopic (exact) mass is 534 g/mol. The van der Waals surface area contributed by atoms with E-state index in [2.05, 4.69) is 29.2 Å². The zero-order valence-electron chi connectivity index (χ0n) is 21.1. The Balaban J connectivity index is 1.90. The van der Waals surface area contributed by atoms with E-state index < -0.39 is 16.3 Å². The summed E-state index contributed by atoms with van der Waals surface area (Å²) in [5.41, 5.74) is 0.0622. The first kappa shape index (κ1) is 26.5. The average Bonchev–Trinajstić information content (AvgIpc) is 3.28. The van der Waals surface area contributed by atoms with Gasteiger partial charge in [0.2, 0.25) is 12.3 Å². The number of hydrogen-bond acceptors (Lipinski definition) is 8. The number of aryl methyl sites for hydroxylation is 1. The number of likely N-dealkylation sites (N-methyl/N-ethyl adjacent to an activating group) is 1. The lowest BCUT2D eigenvalue weighted by Gasteiger charge is -2.48. The summed E-state index contributed by atoms with van der Waals surface area (Å²) in [5, 5.41) is 6.95. The van der Waals surface area contributed by atoms with Crippen LogP contribution in [0.5, 0.6) is 0 Å². The Bertz CT molecular complexity index is 1180. The number of nitrogens with zero attached hydrogens (tertiary/aromatic N) is 3. The fourth-order valence-electron chi connectivity index (χ4n) is 5.26. The van der Waals surface area contributed by atoms with E-state index in [-0.39, 0.29) is 23.6 Å². The highest BCUT2D eigenvalue weighted by molar-refractivity contribution is 8.01. The van der Waals surface area contributed by atoms with E-state index in [1.54, 1.807) is 41.8 Å². The maximum Gasteiger partial charge on any atom is 0.338 e. The fraction of sp³-hybridized carbons (Fsp3) is 0.520. The normalized spacial score (nSPS) is 22.4. The number of carbonyl (C=O) groups excluding carboxylic acids is 3. The van der Waals surface area contributed by atoms with Crippen LogP contribution in [-0.2, 0) is 24.7 Å². The number of rotatable bonds is 10. The maximum atomic E-state index is 14.2.